The van der Waals surface area contributed by atoms with Gasteiger partial charge < -0.3 is 19.9 Å². The zero-order valence-corrected chi connectivity index (χ0v) is 9.28. The number of likely N-dealkylation sites (tertiary alicyclic amines) is 1. The molecule has 0 saturated carbocycles. The average Bonchev–Trinajstić information content (AvgIpc) is 2.83. The average molecular weight is 227 g/mol. The van der Waals surface area contributed by atoms with Gasteiger partial charge >= 0.3 is 12.2 Å². The van der Waals surface area contributed by atoms with Gasteiger partial charge in [0.15, 0.2) is 0 Å². The van der Waals surface area contributed by atoms with Gasteiger partial charge in [-0.1, -0.05) is 0 Å². The van der Waals surface area contributed by atoms with E-state index in [-0.39, 0.29) is 0 Å². The highest BCUT2D eigenvalue weighted by molar-refractivity contribution is 5.83. The van der Waals surface area contributed by atoms with Gasteiger partial charge in [0.2, 0.25) is 0 Å². The van der Waals surface area contributed by atoms with Gasteiger partial charge in [0.25, 0.3) is 0 Å². The third-order valence-corrected chi connectivity index (χ3v) is 2.91. The summed E-state index contributed by atoms with van der Waals surface area (Å²) in [6.45, 7) is 4.12. The predicted molar refractivity (Wildman–Crippen MR) is 57.1 cm³/mol. The lowest BCUT2D eigenvalue weighted by molar-refractivity contribution is 0.0956. The van der Waals surface area contributed by atoms with Crippen molar-refractivity contribution in [3.05, 3.63) is 0 Å². The molecule has 2 aliphatic heterocycles. The summed E-state index contributed by atoms with van der Waals surface area (Å²) in [4.78, 5) is 26.3. The maximum Gasteiger partial charge on any atom is 0.418 e. The maximum atomic E-state index is 11.6. The van der Waals surface area contributed by atoms with E-state index in [0.717, 1.165) is 25.9 Å². The molecule has 0 aromatic rings. The highest BCUT2D eigenvalue weighted by Gasteiger charge is 2.25. The van der Waals surface area contributed by atoms with Crippen molar-refractivity contribution in [3.8, 4) is 0 Å². The first kappa shape index (κ1) is 11.2. The molecule has 0 aliphatic carbocycles. The number of carbonyl (C=O) groups excluding carboxylic acids is 2. The number of nitrogens with zero attached hydrogens (tertiary/aromatic N) is 2. The summed E-state index contributed by atoms with van der Waals surface area (Å²) in [7, 11) is 0. The Morgan fingerprint density at radius 1 is 0.875 bits per heavy atom. The molecule has 2 aliphatic rings. The molecular weight excluding hydrogens is 210 g/mol. The lowest BCUT2D eigenvalue weighted by Crippen LogP contribution is -2.47. The molecule has 6 heteroatoms. The summed E-state index contributed by atoms with van der Waals surface area (Å²) < 4.78 is 4.82. The Balaban J connectivity index is 1.79. The lowest BCUT2D eigenvalue weighted by atomic mass is 10.4. The van der Waals surface area contributed by atoms with Crippen molar-refractivity contribution in [2.24, 2.45) is 0 Å². The minimum atomic E-state index is -0.515. The SMILES string of the molecule is O=C(OC(=O)N1CCNCC1)N1CCCC1. The smallest absolute Gasteiger partial charge is 0.359 e. The summed E-state index contributed by atoms with van der Waals surface area (Å²) in [6, 6.07) is 0. The lowest BCUT2D eigenvalue weighted by Gasteiger charge is -2.26. The van der Waals surface area contributed by atoms with Gasteiger partial charge in [0.1, 0.15) is 0 Å². The van der Waals surface area contributed by atoms with Crippen molar-refractivity contribution < 1.29 is 14.3 Å². The fourth-order valence-corrected chi connectivity index (χ4v) is 1.95. The van der Waals surface area contributed by atoms with Crippen molar-refractivity contribution in [3.63, 3.8) is 0 Å². The Labute approximate surface area is 94.5 Å². The fraction of sp³-hybridized carbons (Fsp3) is 0.800. The first-order valence-electron chi connectivity index (χ1n) is 5.74. The summed E-state index contributed by atoms with van der Waals surface area (Å²) >= 11 is 0. The van der Waals surface area contributed by atoms with E-state index < -0.39 is 12.2 Å². The second kappa shape index (κ2) is 5.16. The summed E-state index contributed by atoms with van der Waals surface area (Å²) in [5.41, 5.74) is 0. The molecule has 6 nitrogen and oxygen atoms in total. The van der Waals surface area contributed by atoms with Crippen molar-refractivity contribution in [1.82, 2.24) is 15.1 Å². The van der Waals surface area contributed by atoms with Crippen molar-refractivity contribution in [2.45, 2.75) is 12.8 Å². The minimum Gasteiger partial charge on any atom is -0.359 e. The van der Waals surface area contributed by atoms with E-state index in [1.807, 2.05) is 0 Å². The summed E-state index contributed by atoms with van der Waals surface area (Å²) in [6.07, 6.45) is 0.979. The maximum absolute atomic E-state index is 11.6. The van der Waals surface area contributed by atoms with Crippen LogP contribution in [0.4, 0.5) is 9.59 Å². The number of carbonyl (C=O) groups is 2. The molecule has 0 aromatic carbocycles. The van der Waals surface area contributed by atoms with Crippen LogP contribution in [0.1, 0.15) is 12.8 Å². The van der Waals surface area contributed by atoms with E-state index >= 15 is 0 Å². The van der Waals surface area contributed by atoms with E-state index in [2.05, 4.69) is 5.32 Å². The minimum absolute atomic E-state index is 0.499. The molecule has 0 spiro atoms. The molecule has 0 unspecified atom stereocenters. The van der Waals surface area contributed by atoms with Crippen LogP contribution in [0, 0.1) is 0 Å². The molecule has 0 radical (unpaired) electrons. The predicted octanol–water partition coefficient (Wildman–Crippen LogP) is 0.244. The van der Waals surface area contributed by atoms with Crippen LogP contribution in [0.5, 0.6) is 0 Å². The van der Waals surface area contributed by atoms with Gasteiger partial charge in [-0.3, -0.25) is 0 Å². The number of hydrogen-bond donors (Lipinski definition) is 1. The molecule has 2 saturated heterocycles. The van der Waals surface area contributed by atoms with Crippen LogP contribution >= 0.6 is 0 Å². The molecule has 0 bridgehead atoms. The van der Waals surface area contributed by atoms with Crippen LogP contribution < -0.4 is 5.32 Å². The third-order valence-electron chi connectivity index (χ3n) is 2.91. The van der Waals surface area contributed by atoms with E-state index in [1.165, 1.54) is 0 Å². The molecular formula is C10H17N3O3. The van der Waals surface area contributed by atoms with E-state index in [4.69, 9.17) is 4.74 Å². The van der Waals surface area contributed by atoms with Crippen LogP contribution in [0.2, 0.25) is 0 Å². The van der Waals surface area contributed by atoms with Crippen LogP contribution in [-0.4, -0.2) is 61.3 Å². The van der Waals surface area contributed by atoms with E-state index in [9.17, 15) is 9.59 Å². The number of rotatable bonds is 0. The normalized spacial score (nSPS) is 21.0. The molecule has 0 atom stereocenters. The quantitative estimate of drug-likeness (QED) is 0.602. The zero-order chi connectivity index (χ0) is 11.4. The molecule has 2 rings (SSSR count). The Kier molecular flexibility index (Phi) is 3.61. The molecule has 90 valence electrons. The standard InChI is InChI=1S/C10H17N3O3/c14-9(12-5-1-2-6-12)16-10(15)13-7-3-11-4-8-13/h11H,1-8H2. The number of nitrogens with one attached hydrogen (secondary N) is 1. The van der Waals surface area contributed by atoms with Crippen LogP contribution in [0.25, 0.3) is 0 Å². The van der Waals surface area contributed by atoms with Crippen molar-refractivity contribution in [2.75, 3.05) is 39.3 Å². The van der Waals surface area contributed by atoms with E-state index in [1.54, 1.807) is 9.80 Å². The number of amides is 2. The molecule has 2 fully saturated rings. The molecule has 2 heterocycles. The fourth-order valence-electron chi connectivity index (χ4n) is 1.95. The zero-order valence-electron chi connectivity index (χ0n) is 9.28. The Morgan fingerprint density at radius 2 is 1.38 bits per heavy atom. The van der Waals surface area contributed by atoms with Crippen molar-refractivity contribution >= 4 is 12.2 Å². The van der Waals surface area contributed by atoms with Gasteiger partial charge in [0.05, 0.1) is 0 Å². The van der Waals surface area contributed by atoms with Gasteiger partial charge in [-0.25, -0.2) is 9.59 Å². The number of ether oxygens (including phenoxy) is 1. The second-order valence-corrected chi connectivity index (χ2v) is 4.07. The van der Waals surface area contributed by atoms with Crippen molar-refractivity contribution in [1.29, 1.82) is 0 Å². The number of piperazine rings is 1. The van der Waals surface area contributed by atoms with E-state index in [0.29, 0.717) is 26.2 Å². The van der Waals surface area contributed by atoms with Gasteiger partial charge in [-0.05, 0) is 12.8 Å². The van der Waals surface area contributed by atoms with Crippen LogP contribution in [-0.2, 0) is 4.74 Å². The van der Waals surface area contributed by atoms with Gasteiger partial charge in [-0.2, -0.15) is 0 Å². The highest BCUT2D eigenvalue weighted by atomic mass is 16.6. The number of hydrogen-bond acceptors (Lipinski definition) is 4. The Bertz CT molecular complexity index is 270. The highest BCUT2D eigenvalue weighted by Crippen LogP contribution is 2.09. The molecule has 0 aromatic heterocycles. The third kappa shape index (κ3) is 2.63. The molecule has 2 amide bonds. The Hall–Kier alpha value is -1.30. The second-order valence-electron chi connectivity index (χ2n) is 4.07. The summed E-state index contributed by atoms with van der Waals surface area (Å²) in [5, 5.41) is 3.13. The molecule has 1 N–H and O–H groups in total. The van der Waals surface area contributed by atoms with Crippen LogP contribution in [0.3, 0.4) is 0 Å². The monoisotopic (exact) mass is 227 g/mol. The molecule has 16 heavy (non-hydrogen) atoms. The Morgan fingerprint density at radius 3 is 1.94 bits per heavy atom. The van der Waals surface area contributed by atoms with Gasteiger partial charge in [0, 0.05) is 39.3 Å². The topological polar surface area (TPSA) is 61.9 Å². The first-order chi connectivity index (χ1) is 7.77. The first-order valence-corrected chi connectivity index (χ1v) is 5.74. The summed E-state index contributed by atoms with van der Waals surface area (Å²) in [5.74, 6) is 0. The van der Waals surface area contributed by atoms with Gasteiger partial charge in [-0.15, -0.1) is 0 Å². The van der Waals surface area contributed by atoms with Crippen LogP contribution in [0.15, 0.2) is 0 Å². The largest absolute Gasteiger partial charge is 0.418 e.